The maximum absolute atomic E-state index is 12.9. The Bertz CT molecular complexity index is 840. The fourth-order valence-corrected chi connectivity index (χ4v) is 6.43. The lowest BCUT2D eigenvalue weighted by Gasteiger charge is -2.38. The first-order valence-electron chi connectivity index (χ1n) is 10.9. The van der Waals surface area contributed by atoms with E-state index in [2.05, 4.69) is 27.1 Å². The van der Waals surface area contributed by atoms with Gasteiger partial charge in [-0.25, -0.2) is 13.1 Å². The van der Waals surface area contributed by atoms with Crippen molar-refractivity contribution >= 4 is 21.6 Å². The number of rotatable bonds is 7. The first-order chi connectivity index (χ1) is 13.8. The van der Waals surface area contributed by atoms with Crippen LogP contribution in [0.3, 0.4) is 0 Å². The molecule has 9 heteroatoms. The summed E-state index contributed by atoms with van der Waals surface area (Å²) >= 11 is 0. The number of aromatic nitrogens is 2. The quantitative estimate of drug-likeness (QED) is 0.714. The van der Waals surface area contributed by atoms with E-state index in [-0.39, 0.29) is 23.5 Å². The van der Waals surface area contributed by atoms with Crippen molar-refractivity contribution in [1.82, 2.24) is 19.6 Å². The van der Waals surface area contributed by atoms with Crippen molar-refractivity contribution in [2.24, 2.45) is 0 Å². The van der Waals surface area contributed by atoms with Gasteiger partial charge in [-0.05, 0) is 58.7 Å². The molecule has 0 bridgehead atoms. The highest BCUT2D eigenvalue weighted by Gasteiger charge is 2.37. The normalized spacial score (nSPS) is 25.6. The van der Waals surface area contributed by atoms with Crippen LogP contribution in [0.4, 0.5) is 5.82 Å². The molecule has 3 aliphatic rings. The van der Waals surface area contributed by atoms with Crippen molar-refractivity contribution in [1.29, 1.82) is 0 Å². The first kappa shape index (κ1) is 20.8. The van der Waals surface area contributed by atoms with E-state index in [9.17, 15) is 13.2 Å². The highest BCUT2D eigenvalue weighted by molar-refractivity contribution is 7.91. The molecule has 3 heterocycles. The van der Waals surface area contributed by atoms with Crippen molar-refractivity contribution < 1.29 is 13.2 Å². The van der Waals surface area contributed by atoms with Crippen LogP contribution in [0.25, 0.3) is 0 Å². The molecule has 3 fully saturated rings. The van der Waals surface area contributed by atoms with Crippen molar-refractivity contribution in [2.45, 2.75) is 64.1 Å². The molecule has 8 nitrogen and oxygen atoms in total. The van der Waals surface area contributed by atoms with E-state index in [1.54, 1.807) is 4.68 Å². The molecule has 1 aromatic rings. The van der Waals surface area contributed by atoms with Crippen molar-refractivity contribution in [3.63, 3.8) is 0 Å². The first-order valence-corrected chi connectivity index (χ1v) is 12.7. The largest absolute Gasteiger partial charge is 0.310 e. The van der Waals surface area contributed by atoms with Gasteiger partial charge < -0.3 is 10.2 Å². The number of likely N-dealkylation sites (tertiary alicyclic amines) is 1. The fraction of sp³-hybridized carbons (Fsp3) is 0.800. The Kier molecular flexibility index (Phi) is 5.99. The van der Waals surface area contributed by atoms with Gasteiger partial charge >= 0.3 is 0 Å². The van der Waals surface area contributed by atoms with E-state index in [0.717, 1.165) is 38.2 Å². The van der Waals surface area contributed by atoms with Gasteiger partial charge in [0.25, 0.3) is 0 Å². The third kappa shape index (κ3) is 5.00. The lowest BCUT2D eigenvalue weighted by atomic mass is 10.0. The summed E-state index contributed by atoms with van der Waals surface area (Å²) in [5, 5.41) is 7.49. The number of anilines is 1. The fourth-order valence-electron chi connectivity index (χ4n) is 4.73. The van der Waals surface area contributed by atoms with Crippen molar-refractivity contribution in [2.75, 3.05) is 43.0 Å². The minimum absolute atomic E-state index is 0.0307. The van der Waals surface area contributed by atoms with Crippen LogP contribution < -0.4 is 5.32 Å². The summed E-state index contributed by atoms with van der Waals surface area (Å²) in [4.78, 5) is 17.8. The van der Waals surface area contributed by atoms with Gasteiger partial charge in [-0.15, -0.1) is 0 Å². The van der Waals surface area contributed by atoms with Gasteiger partial charge in [-0.3, -0.25) is 9.69 Å². The SMILES string of the molecule is CCN1CCC(N(CC(=O)Nc2cc(C)nn2C2CCS(=O)(=O)C2)C2CC2)CC1. The Morgan fingerprint density at radius 2 is 1.90 bits per heavy atom. The maximum atomic E-state index is 12.9. The van der Waals surface area contributed by atoms with Crippen molar-refractivity contribution in [3.05, 3.63) is 11.8 Å². The Morgan fingerprint density at radius 3 is 2.48 bits per heavy atom. The molecule has 1 unspecified atom stereocenters. The lowest BCUT2D eigenvalue weighted by Crippen LogP contribution is -2.48. The van der Waals surface area contributed by atoms with Crippen LogP contribution in [0.15, 0.2) is 6.07 Å². The van der Waals surface area contributed by atoms with Crippen LogP contribution in [0.1, 0.15) is 50.8 Å². The van der Waals surface area contributed by atoms with E-state index in [0.29, 0.717) is 30.9 Å². The van der Waals surface area contributed by atoms with Crippen LogP contribution in [0.5, 0.6) is 0 Å². The standard InChI is InChI=1S/C20H33N5O3S/c1-3-23-9-6-17(7-10-23)24(16-4-5-16)13-20(26)21-19-12-15(2)22-25(19)18-8-11-29(27,28)14-18/h12,16-18H,3-11,13-14H2,1-2H3,(H,21,26). The summed E-state index contributed by atoms with van der Waals surface area (Å²) in [6.45, 7) is 7.77. The average Bonchev–Trinajstić information content (AvgIpc) is 3.37. The Hall–Kier alpha value is -1.45. The molecule has 0 aromatic carbocycles. The van der Waals surface area contributed by atoms with Gasteiger partial charge in [0.15, 0.2) is 9.84 Å². The number of carbonyl (C=O) groups is 1. The molecule has 1 aliphatic carbocycles. The van der Waals surface area contributed by atoms with Crippen LogP contribution >= 0.6 is 0 Å². The van der Waals surface area contributed by atoms with Gasteiger partial charge in [0.05, 0.1) is 29.8 Å². The second-order valence-electron chi connectivity index (χ2n) is 8.79. The number of nitrogens with one attached hydrogen (secondary N) is 1. The molecule has 1 aromatic heterocycles. The number of carbonyl (C=O) groups excluding carboxylic acids is 1. The average molecular weight is 424 g/mol. The second kappa shape index (κ2) is 8.35. The number of nitrogens with zero attached hydrogens (tertiary/aromatic N) is 4. The summed E-state index contributed by atoms with van der Waals surface area (Å²) in [5.74, 6) is 0.875. The molecule has 29 heavy (non-hydrogen) atoms. The zero-order valence-corrected chi connectivity index (χ0v) is 18.3. The van der Waals surface area contributed by atoms with Gasteiger partial charge in [0.2, 0.25) is 5.91 Å². The Labute approximate surface area is 173 Å². The molecule has 2 saturated heterocycles. The van der Waals surface area contributed by atoms with E-state index < -0.39 is 9.84 Å². The summed E-state index contributed by atoms with van der Waals surface area (Å²) in [5.41, 5.74) is 0.788. The monoisotopic (exact) mass is 423 g/mol. The molecule has 1 saturated carbocycles. The van der Waals surface area contributed by atoms with E-state index in [1.165, 1.54) is 12.8 Å². The number of amides is 1. The summed E-state index contributed by atoms with van der Waals surface area (Å²) in [6.07, 6.45) is 5.15. The topological polar surface area (TPSA) is 87.5 Å². The predicted octanol–water partition coefficient (Wildman–Crippen LogP) is 1.44. The zero-order valence-electron chi connectivity index (χ0n) is 17.5. The van der Waals surface area contributed by atoms with Crippen LogP contribution in [0, 0.1) is 6.92 Å². The van der Waals surface area contributed by atoms with Crippen LogP contribution in [-0.2, 0) is 14.6 Å². The highest BCUT2D eigenvalue weighted by Crippen LogP contribution is 2.32. The Balaban J connectivity index is 1.40. The molecule has 162 valence electrons. The van der Waals surface area contributed by atoms with E-state index >= 15 is 0 Å². The molecule has 2 aliphatic heterocycles. The summed E-state index contributed by atoms with van der Waals surface area (Å²) in [6, 6.07) is 2.65. The number of hydrogen-bond donors (Lipinski definition) is 1. The molecular formula is C20H33N5O3S. The number of aryl methyl sites for hydroxylation is 1. The maximum Gasteiger partial charge on any atom is 0.239 e. The van der Waals surface area contributed by atoms with Crippen molar-refractivity contribution in [3.8, 4) is 0 Å². The second-order valence-corrected chi connectivity index (χ2v) is 11.0. The molecule has 0 radical (unpaired) electrons. The number of hydrogen-bond acceptors (Lipinski definition) is 6. The molecule has 4 rings (SSSR count). The number of piperidine rings is 1. The van der Waals surface area contributed by atoms with E-state index in [1.807, 2.05) is 13.0 Å². The third-order valence-corrected chi connectivity index (χ3v) is 8.25. The third-order valence-electron chi connectivity index (χ3n) is 6.50. The molecule has 0 spiro atoms. The van der Waals surface area contributed by atoms with Gasteiger partial charge in [0.1, 0.15) is 5.82 Å². The molecule has 1 atom stereocenters. The smallest absolute Gasteiger partial charge is 0.239 e. The summed E-state index contributed by atoms with van der Waals surface area (Å²) < 4.78 is 25.4. The predicted molar refractivity (Wildman–Crippen MR) is 113 cm³/mol. The van der Waals surface area contributed by atoms with Gasteiger partial charge in [-0.1, -0.05) is 6.92 Å². The highest BCUT2D eigenvalue weighted by atomic mass is 32.2. The van der Waals surface area contributed by atoms with E-state index in [4.69, 9.17) is 0 Å². The lowest BCUT2D eigenvalue weighted by molar-refractivity contribution is -0.118. The van der Waals surface area contributed by atoms with Gasteiger partial charge in [0, 0.05) is 18.2 Å². The molecule has 1 N–H and O–H groups in total. The zero-order chi connectivity index (χ0) is 20.6. The van der Waals surface area contributed by atoms with Crippen LogP contribution in [-0.4, -0.2) is 83.7 Å². The van der Waals surface area contributed by atoms with Gasteiger partial charge in [-0.2, -0.15) is 5.10 Å². The number of sulfone groups is 1. The minimum Gasteiger partial charge on any atom is -0.310 e. The molecule has 1 amide bonds. The minimum atomic E-state index is -3.01. The van der Waals surface area contributed by atoms with Crippen LogP contribution in [0.2, 0.25) is 0 Å². The molecular weight excluding hydrogens is 390 g/mol. The summed E-state index contributed by atoms with van der Waals surface area (Å²) in [7, 11) is -3.01. The Morgan fingerprint density at radius 1 is 1.21 bits per heavy atom.